The molecule has 0 aliphatic carbocycles. The van der Waals surface area contributed by atoms with Gasteiger partial charge in [0.2, 0.25) is 0 Å². The number of nitrogens with zero attached hydrogens (tertiary/aromatic N) is 2. The molecular weight excluding hydrogens is 356 g/mol. The topological polar surface area (TPSA) is 32.8 Å². The molecule has 3 rings (SSSR count). The smallest absolute Gasteiger partial charge is 0.419 e. The number of hydrogen-bond acceptors (Lipinski definition) is 4. The predicted octanol–water partition coefficient (Wildman–Crippen LogP) is 1.77. The molecule has 2 aromatic rings. The van der Waals surface area contributed by atoms with E-state index in [4.69, 9.17) is 4.74 Å². The summed E-state index contributed by atoms with van der Waals surface area (Å²) in [4.78, 5) is 18.8. The minimum atomic E-state index is -0.317. The highest BCUT2D eigenvalue weighted by atomic mass is 35.5. The Hall–Kier alpha value is -1.69. The molecule has 0 bridgehead atoms. The fourth-order valence-corrected chi connectivity index (χ4v) is 3.83. The molecule has 0 saturated carbocycles. The van der Waals surface area contributed by atoms with E-state index in [2.05, 4.69) is 18.7 Å². The normalized spacial score (nSPS) is 12.2. The number of halogens is 1. The van der Waals surface area contributed by atoms with Crippen molar-refractivity contribution in [2.45, 2.75) is 23.6 Å². The van der Waals surface area contributed by atoms with E-state index >= 15 is 0 Å². The SMILES string of the molecule is CCN(CC)CCOC(=O)N1c2ccccc2Sc2ccccc21.[Cl-]. The highest BCUT2D eigenvalue weighted by Crippen LogP contribution is 2.47. The average Bonchev–Trinajstić information content (AvgIpc) is 2.63. The van der Waals surface area contributed by atoms with Crippen molar-refractivity contribution in [2.24, 2.45) is 0 Å². The number of para-hydroxylation sites is 2. The van der Waals surface area contributed by atoms with Crippen molar-refractivity contribution in [3.05, 3.63) is 48.5 Å². The summed E-state index contributed by atoms with van der Waals surface area (Å²) in [6.07, 6.45) is -0.317. The largest absolute Gasteiger partial charge is 1.00 e. The Bertz CT molecular complexity index is 677. The Balaban J connectivity index is 0.00000225. The number of rotatable bonds is 5. The number of hydrogen-bond donors (Lipinski definition) is 0. The number of benzene rings is 2. The molecule has 0 radical (unpaired) electrons. The standard InChI is InChI=1S/C19H22N2O2S.ClH/c1-3-20(4-2)13-14-23-19(22)21-15-9-5-7-11-17(15)24-18-12-8-6-10-16(18)21;/h5-12H,3-4,13-14H2,1-2H3;1H/p-1. The van der Waals surface area contributed by atoms with Gasteiger partial charge in [0.15, 0.2) is 0 Å². The molecule has 134 valence electrons. The van der Waals surface area contributed by atoms with E-state index in [1.807, 2.05) is 48.5 Å². The third-order valence-electron chi connectivity index (χ3n) is 4.14. The van der Waals surface area contributed by atoms with Crippen LogP contribution in [-0.2, 0) is 4.74 Å². The highest BCUT2D eigenvalue weighted by molar-refractivity contribution is 7.99. The van der Waals surface area contributed by atoms with Gasteiger partial charge in [0.25, 0.3) is 0 Å². The minimum absolute atomic E-state index is 0. The molecule has 1 aliphatic heterocycles. The summed E-state index contributed by atoms with van der Waals surface area (Å²) in [6.45, 7) is 7.29. The second-order valence-electron chi connectivity index (χ2n) is 5.51. The molecule has 0 atom stereocenters. The van der Waals surface area contributed by atoms with Gasteiger partial charge in [-0.25, -0.2) is 9.69 Å². The molecule has 1 heterocycles. The van der Waals surface area contributed by atoms with Crippen LogP contribution in [0.25, 0.3) is 0 Å². The molecule has 4 nitrogen and oxygen atoms in total. The van der Waals surface area contributed by atoms with Gasteiger partial charge in [-0.15, -0.1) is 0 Å². The molecule has 25 heavy (non-hydrogen) atoms. The molecule has 0 saturated heterocycles. The van der Waals surface area contributed by atoms with Crippen LogP contribution in [0.1, 0.15) is 13.8 Å². The van der Waals surface area contributed by atoms with Gasteiger partial charge in [-0.05, 0) is 37.4 Å². The molecule has 0 N–H and O–H groups in total. The first kappa shape index (κ1) is 19.6. The van der Waals surface area contributed by atoms with Gasteiger partial charge in [0.05, 0.1) is 11.4 Å². The number of anilines is 2. The first-order valence-electron chi connectivity index (χ1n) is 8.29. The zero-order valence-corrected chi connectivity index (χ0v) is 16.0. The van der Waals surface area contributed by atoms with Crippen LogP contribution < -0.4 is 17.3 Å². The average molecular weight is 378 g/mol. The molecule has 2 aromatic carbocycles. The van der Waals surface area contributed by atoms with Gasteiger partial charge >= 0.3 is 6.09 Å². The number of carbonyl (C=O) groups excluding carboxylic acids is 1. The molecule has 6 heteroatoms. The fraction of sp³-hybridized carbons (Fsp3) is 0.316. The maximum Gasteiger partial charge on any atom is 0.419 e. The van der Waals surface area contributed by atoms with Crippen LogP contribution in [0, 0.1) is 0 Å². The highest BCUT2D eigenvalue weighted by Gasteiger charge is 2.28. The van der Waals surface area contributed by atoms with E-state index < -0.39 is 0 Å². The molecule has 0 unspecified atom stereocenters. The third-order valence-corrected chi connectivity index (χ3v) is 5.27. The zero-order chi connectivity index (χ0) is 16.9. The van der Waals surface area contributed by atoms with Gasteiger partial charge < -0.3 is 22.0 Å². The number of likely N-dealkylation sites (N-methyl/N-ethyl adjacent to an activating group) is 1. The predicted molar refractivity (Wildman–Crippen MR) is 98.3 cm³/mol. The Morgan fingerprint density at radius 2 is 1.52 bits per heavy atom. The van der Waals surface area contributed by atoms with E-state index in [1.54, 1.807) is 16.7 Å². The lowest BCUT2D eigenvalue weighted by Gasteiger charge is -2.30. The van der Waals surface area contributed by atoms with Crippen molar-refractivity contribution in [3.8, 4) is 0 Å². The summed E-state index contributed by atoms with van der Waals surface area (Å²) in [7, 11) is 0. The fourth-order valence-electron chi connectivity index (χ4n) is 2.77. The first-order chi connectivity index (χ1) is 11.7. The Labute approximate surface area is 159 Å². The summed E-state index contributed by atoms with van der Waals surface area (Å²) < 4.78 is 5.57. The Morgan fingerprint density at radius 1 is 1.00 bits per heavy atom. The van der Waals surface area contributed by atoms with Crippen molar-refractivity contribution in [1.29, 1.82) is 0 Å². The Morgan fingerprint density at radius 3 is 2.04 bits per heavy atom. The van der Waals surface area contributed by atoms with Gasteiger partial charge in [-0.3, -0.25) is 0 Å². The van der Waals surface area contributed by atoms with Gasteiger partial charge in [-0.2, -0.15) is 0 Å². The minimum Gasteiger partial charge on any atom is -1.00 e. The summed E-state index contributed by atoms with van der Waals surface area (Å²) in [5.74, 6) is 0. The van der Waals surface area contributed by atoms with Crippen LogP contribution in [0.15, 0.2) is 58.3 Å². The summed E-state index contributed by atoms with van der Waals surface area (Å²) >= 11 is 1.68. The Kier molecular flexibility index (Phi) is 7.17. The molecule has 1 aliphatic rings. The van der Waals surface area contributed by atoms with Crippen molar-refractivity contribution in [2.75, 3.05) is 31.1 Å². The van der Waals surface area contributed by atoms with Gasteiger partial charge in [0, 0.05) is 16.3 Å². The van der Waals surface area contributed by atoms with Crippen LogP contribution >= 0.6 is 11.8 Å². The van der Waals surface area contributed by atoms with Crippen LogP contribution in [0.3, 0.4) is 0 Å². The number of ether oxygens (including phenoxy) is 1. The maximum atomic E-state index is 12.8. The quantitative estimate of drug-likeness (QED) is 0.795. The molecule has 0 fully saturated rings. The van der Waals surface area contributed by atoms with Crippen LogP contribution in [0.4, 0.5) is 16.2 Å². The number of fused-ring (bicyclic) bond motifs is 2. The second-order valence-corrected chi connectivity index (χ2v) is 6.60. The third kappa shape index (κ3) is 4.29. The summed E-state index contributed by atoms with van der Waals surface area (Å²) in [6, 6.07) is 15.9. The van der Waals surface area contributed by atoms with Crippen molar-refractivity contribution in [3.63, 3.8) is 0 Å². The van der Waals surface area contributed by atoms with Crippen molar-refractivity contribution in [1.82, 2.24) is 4.90 Å². The van der Waals surface area contributed by atoms with Crippen molar-refractivity contribution >= 4 is 29.2 Å². The van der Waals surface area contributed by atoms with E-state index in [9.17, 15) is 4.79 Å². The van der Waals surface area contributed by atoms with Gasteiger partial charge in [0.1, 0.15) is 6.61 Å². The lowest BCUT2D eigenvalue weighted by molar-refractivity contribution is -0.0000105. The van der Waals surface area contributed by atoms with Crippen LogP contribution in [0.2, 0.25) is 0 Å². The molecule has 0 spiro atoms. The molecule has 0 aromatic heterocycles. The van der Waals surface area contributed by atoms with Crippen molar-refractivity contribution < 1.29 is 21.9 Å². The van der Waals surface area contributed by atoms with Gasteiger partial charge in [-0.1, -0.05) is 49.9 Å². The van der Waals surface area contributed by atoms with Crippen LogP contribution in [0.5, 0.6) is 0 Å². The molecule has 1 amide bonds. The van der Waals surface area contributed by atoms with E-state index in [0.29, 0.717) is 6.61 Å². The molecular formula is C19H22ClN2O2S-. The van der Waals surface area contributed by atoms with Crippen LogP contribution in [-0.4, -0.2) is 37.2 Å². The lowest BCUT2D eigenvalue weighted by atomic mass is 10.2. The lowest BCUT2D eigenvalue weighted by Crippen LogP contribution is -3.00. The monoisotopic (exact) mass is 377 g/mol. The van der Waals surface area contributed by atoms with E-state index in [-0.39, 0.29) is 18.5 Å². The summed E-state index contributed by atoms with van der Waals surface area (Å²) in [5.41, 5.74) is 1.77. The van der Waals surface area contributed by atoms with E-state index in [1.165, 1.54) is 0 Å². The zero-order valence-electron chi connectivity index (χ0n) is 14.4. The number of carbonyl (C=O) groups is 1. The number of amides is 1. The summed E-state index contributed by atoms with van der Waals surface area (Å²) in [5, 5.41) is 0. The second kappa shape index (κ2) is 9.13. The first-order valence-corrected chi connectivity index (χ1v) is 9.11. The van der Waals surface area contributed by atoms with E-state index in [0.717, 1.165) is 40.8 Å². The maximum absolute atomic E-state index is 12.8.